The summed E-state index contributed by atoms with van der Waals surface area (Å²) >= 11 is 0. The molecule has 3 fully saturated rings. The average molecular weight is 1420 g/mol. The quantitative estimate of drug-likeness (QED) is 0.0411. The second-order valence-corrected chi connectivity index (χ2v) is 25.3. The molecule has 6 aliphatic rings. The van der Waals surface area contributed by atoms with Gasteiger partial charge >= 0.3 is 29.8 Å². The lowest BCUT2D eigenvalue weighted by Gasteiger charge is -2.53. The highest BCUT2D eigenvalue weighted by atomic mass is 16.8. The Bertz CT molecular complexity index is 4560. The molecule has 534 valence electrons. The molecule has 105 heavy (non-hydrogen) atoms. The molecule has 0 aliphatic carbocycles. The van der Waals surface area contributed by atoms with Gasteiger partial charge in [0.05, 0.1) is 73.3 Å². The van der Waals surface area contributed by atoms with Crippen LogP contribution in [0.5, 0.6) is 0 Å². The lowest BCUT2D eigenvalue weighted by atomic mass is 9.87. The zero-order valence-corrected chi connectivity index (χ0v) is 55.9. The van der Waals surface area contributed by atoms with Crippen LogP contribution in [0.25, 0.3) is 0 Å². The number of hydrogen-bond acceptors (Lipinski definition) is 23. The van der Waals surface area contributed by atoms with E-state index in [1.807, 2.05) is 0 Å². The number of imide groups is 3. The molecule has 0 saturated carbocycles. The normalized spacial score (nSPS) is 26.1. The van der Waals surface area contributed by atoms with Crippen molar-refractivity contribution in [2.45, 2.75) is 92.8 Å². The van der Waals surface area contributed by atoms with E-state index in [0.29, 0.717) is 4.90 Å². The van der Waals surface area contributed by atoms with Crippen molar-refractivity contribution in [2.75, 3.05) is 26.9 Å². The van der Waals surface area contributed by atoms with Crippen molar-refractivity contribution in [2.24, 2.45) is 5.92 Å². The minimum absolute atomic E-state index is 0.00811. The molecule has 0 bridgehead atoms. The van der Waals surface area contributed by atoms with Gasteiger partial charge in [-0.1, -0.05) is 134 Å². The van der Waals surface area contributed by atoms with Crippen LogP contribution in [0.4, 0.5) is 0 Å². The fourth-order valence-corrected chi connectivity index (χ4v) is 14.0. The average Bonchev–Trinajstić information content (AvgIpc) is 1.71. The van der Waals surface area contributed by atoms with Gasteiger partial charge in [0.1, 0.15) is 62.4 Å². The third kappa shape index (κ3) is 13.7. The number of methoxy groups -OCH3 is 1. The molecule has 8 aromatic carbocycles. The first-order chi connectivity index (χ1) is 51.0. The van der Waals surface area contributed by atoms with E-state index in [9.17, 15) is 38.7 Å². The van der Waals surface area contributed by atoms with E-state index in [1.165, 1.54) is 172 Å². The van der Waals surface area contributed by atoms with Crippen LogP contribution in [0.3, 0.4) is 0 Å². The number of aliphatic hydroxyl groups excluding tert-OH is 1. The van der Waals surface area contributed by atoms with Crippen molar-refractivity contribution < 1.29 is 110 Å². The van der Waals surface area contributed by atoms with Crippen LogP contribution in [0.15, 0.2) is 224 Å². The number of fused-ring (bicyclic) bond motifs is 3. The highest BCUT2D eigenvalue weighted by Gasteiger charge is 2.63. The summed E-state index contributed by atoms with van der Waals surface area (Å²) in [6.45, 7) is -1.01. The number of benzene rings is 8. The van der Waals surface area contributed by atoms with E-state index < -0.39 is 177 Å². The maximum atomic E-state index is 15.7. The fourth-order valence-electron chi connectivity index (χ4n) is 14.0. The van der Waals surface area contributed by atoms with Gasteiger partial charge in [-0.15, -0.1) is 0 Å². The topological polar surface area (TPSA) is 319 Å². The highest BCUT2D eigenvalue weighted by molar-refractivity contribution is 6.23. The first kappa shape index (κ1) is 70.3. The summed E-state index contributed by atoms with van der Waals surface area (Å²) in [7, 11) is 1.17. The predicted molar refractivity (Wildman–Crippen MR) is 362 cm³/mol. The summed E-state index contributed by atoms with van der Waals surface area (Å²) in [5.74, 6) is -11.9. The molecule has 0 spiro atoms. The molecule has 0 aromatic heterocycles. The number of ether oxygens (including phenoxy) is 11. The Hall–Kier alpha value is -11.8. The maximum absolute atomic E-state index is 15.7. The second-order valence-electron chi connectivity index (χ2n) is 25.3. The largest absolute Gasteiger partial charge is 0.459 e. The summed E-state index contributed by atoms with van der Waals surface area (Å²) in [4.78, 5) is 166. The van der Waals surface area contributed by atoms with Crippen LogP contribution in [0.1, 0.15) is 121 Å². The van der Waals surface area contributed by atoms with E-state index in [-0.39, 0.29) is 61.2 Å². The van der Waals surface area contributed by atoms with Crippen molar-refractivity contribution in [1.82, 2.24) is 14.7 Å². The van der Waals surface area contributed by atoms with Gasteiger partial charge in [0.25, 0.3) is 35.4 Å². The molecule has 8 aromatic rings. The Morgan fingerprint density at radius 3 is 0.895 bits per heavy atom. The van der Waals surface area contributed by atoms with E-state index in [2.05, 4.69) is 0 Å². The third-order valence-electron chi connectivity index (χ3n) is 19.1. The Kier molecular flexibility index (Phi) is 20.3. The molecule has 0 radical (unpaired) electrons. The Morgan fingerprint density at radius 1 is 0.333 bits per heavy atom. The van der Waals surface area contributed by atoms with E-state index >= 15 is 19.2 Å². The van der Waals surface area contributed by atoms with Crippen molar-refractivity contribution in [1.29, 1.82) is 0 Å². The summed E-state index contributed by atoms with van der Waals surface area (Å²) in [5, 5.41) is 12.4. The molecular weight excluding hydrogens is 1360 g/mol. The number of esters is 5. The van der Waals surface area contributed by atoms with Gasteiger partial charge in [-0.2, -0.15) is 0 Å². The van der Waals surface area contributed by atoms with E-state index in [0.717, 1.165) is 9.80 Å². The van der Waals surface area contributed by atoms with Crippen LogP contribution in [0, 0.1) is 5.92 Å². The summed E-state index contributed by atoms with van der Waals surface area (Å²) in [6, 6.07) is 49.8. The number of aliphatic hydroxyl groups is 1. The minimum atomic E-state index is -2.34. The first-order valence-corrected chi connectivity index (χ1v) is 33.6. The molecule has 26 nitrogen and oxygen atoms in total. The first-order valence-electron chi connectivity index (χ1n) is 33.6. The fraction of sp³-hybridized carbons (Fsp3) is 0.253. The van der Waals surface area contributed by atoms with Gasteiger partial charge in [0, 0.05) is 13.0 Å². The van der Waals surface area contributed by atoms with Crippen LogP contribution < -0.4 is 0 Å². The number of rotatable bonds is 21. The van der Waals surface area contributed by atoms with Gasteiger partial charge in [-0.3, -0.25) is 43.5 Å². The number of carbonyl (C=O) groups excluding carboxylic acids is 11. The lowest BCUT2D eigenvalue weighted by molar-refractivity contribution is -0.357. The van der Waals surface area contributed by atoms with Crippen LogP contribution in [-0.2, 0) is 52.1 Å². The molecule has 6 amide bonds. The lowest BCUT2D eigenvalue weighted by Crippen LogP contribution is -2.72. The smallest absolute Gasteiger partial charge is 0.338 e. The molecule has 3 saturated heterocycles. The molecule has 6 heterocycles. The van der Waals surface area contributed by atoms with Crippen LogP contribution in [-0.4, -0.2) is 198 Å². The molecule has 15 atom stereocenters. The Balaban J connectivity index is 0.957. The van der Waals surface area contributed by atoms with Gasteiger partial charge < -0.3 is 57.2 Å². The van der Waals surface area contributed by atoms with Crippen molar-refractivity contribution in [3.8, 4) is 0 Å². The van der Waals surface area contributed by atoms with E-state index in [1.54, 1.807) is 66.7 Å². The molecule has 14 rings (SSSR count). The Labute approximate surface area is 598 Å². The summed E-state index contributed by atoms with van der Waals surface area (Å²) < 4.78 is 72.2. The maximum Gasteiger partial charge on any atom is 0.338 e. The molecule has 26 heteroatoms. The number of amides is 6. The van der Waals surface area contributed by atoms with Crippen molar-refractivity contribution in [3.63, 3.8) is 0 Å². The van der Waals surface area contributed by atoms with Gasteiger partial charge in [0.15, 0.2) is 31.1 Å². The third-order valence-corrected chi connectivity index (χ3v) is 19.1. The Morgan fingerprint density at radius 2 is 0.581 bits per heavy atom. The monoisotopic (exact) mass is 1420 g/mol. The summed E-state index contributed by atoms with van der Waals surface area (Å²) in [6.07, 6.45) is -21.6. The van der Waals surface area contributed by atoms with Gasteiger partial charge in [-0.25, -0.2) is 24.0 Å². The van der Waals surface area contributed by atoms with E-state index in [4.69, 9.17) is 52.1 Å². The van der Waals surface area contributed by atoms with Gasteiger partial charge in [0.2, 0.25) is 0 Å². The van der Waals surface area contributed by atoms with Crippen LogP contribution >= 0.6 is 0 Å². The molecule has 7 unspecified atom stereocenters. The second kappa shape index (κ2) is 30.3. The molecule has 1 N–H and O–H groups in total. The highest BCUT2D eigenvalue weighted by Crippen LogP contribution is 2.44. The zero-order chi connectivity index (χ0) is 73.2. The SMILES string of the molecule is CO[C@H]1OC(COC(=O)c2ccccc2)[C@@H](OC2OC(COC(=O)c3ccccc3)C(O[C@H]3OC(COC(=O)c4ccccc4)[C@@H](O)C(C)[C@@H]3N3C(=O)c4ccccc4C3=O)[C@H](OC(=O)c3ccccc3)[C@H]2N2C(=O)c3ccccc3C2=O)C(OC(=O)c2ccccc2)[C@@H]1N1C(=O)c2ccccc2C1=O. The molecule has 6 aliphatic heterocycles. The summed E-state index contributed by atoms with van der Waals surface area (Å²) in [5.41, 5.74) is -0.594. The zero-order valence-electron chi connectivity index (χ0n) is 55.9. The number of carbonyl (C=O) groups is 11. The van der Waals surface area contributed by atoms with Crippen LogP contribution in [0.2, 0.25) is 0 Å². The minimum Gasteiger partial charge on any atom is -0.459 e. The number of hydrogen-bond donors (Lipinski definition) is 1. The molecular formula is C79H65N3O23. The predicted octanol–water partition coefficient (Wildman–Crippen LogP) is 7.59. The standard InChI is InChI=1S/C79H65N3O23/c1-43-58(80-66(84)49-34-18-19-35-50(49)67(80)85)78(99-55(61(43)83)40-96-72(90)44-24-8-3-9-25-44)104-63-57(42-98-74(92)46-28-12-5-13-29-46)101-79(60(65(63)103-76(94)48-32-16-7-17-33-48)82-70(88)53-38-22-23-39-54(53)71(82)89)105-62-56(41-97-73(91)45-26-10-4-11-27-45)100-77(95-2)59(64(62)102-75(93)47-30-14-6-15-31-47)81-68(86)51-36-20-21-37-52(51)69(81)87/h3-39,43,55-65,77-79,83H,40-42H2,1-2H3/t43?,55?,56?,57?,58-,59-,60+,61-,62+,63?,64?,65+,77-,78+,79?/m0/s1. The van der Waals surface area contributed by atoms with Gasteiger partial charge in [-0.05, 0) is 97.1 Å². The van der Waals surface area contributed by atoms with Crippen molar-refractivity contribution in [3.05, 3.63) is 286 Å². The van der Waals surface area contributed by atoms with Crippen molar-refractivity contribution >= 4 is 65.3 Å². The number of nitrogens with zero attached hydrogens (tertiary/aromatic N) is 3.